The zero-order chi connectivity index (χ0) is 14.5. The average Bonchev–Trinajstić information content (AvgIpc) is 3.05. The number of carboxylic acids is 1. The first kappa shape index (κ1) is 14.3. The van der Waals surface area contributed by atoms with Gasteiger partial charge in [0.1, 0.15) is 4.75 Å². The summed E-state index contributed by atoms with van der Waals surface area (Å²) in [4.78, 5) is 11.0. The van der Waals surface area contributed by atoms with Gasteiger partial charge in [0.15, 0.2) is 0 Å². The molecular weight excluding hydrogens is 282 g/mol. The third-order valence-corrected chi connectivity index (χ3v) is 7.54. The van der Waals surface area contributed by atoms with Crippen molar-refractivity contribution in [3.05, 3.63) is 0 Å². The molecule has 0 aromatic carbocycles. The number of nitrogens with one attached hydrogen (secondary N) is 1. The number of aliphatic carboxylic acids is 1. The zero-order valence-electron chi connectivity index (χ0n) is 11.5. The van der Waals surface area contributed by atoms with Crippen molar-refractivity contribution in [2.24, 2.45) is 17.8 Å². The molecule has 20 heavy (non-hydrogen) atoms. The fraction of sp³-hybridized carbons (Fsp3) is 0.923. The molecule has 3 fully saturated rings. The maximum absolute atomic E-state index is 12.4. The molecule has 0 aliphatic heterocycles. The molecule has 3 saturated carbocycles. The number of hydrogen-bond donors (Lipinski definition) is 2. The van der Waals surface area contributed by atoms with Crippen LogP contribution in [0.1, 0.15) is 32.1 Å². The normalized spacial score (nSPS) is 38.0. The topological polar surface area (TPSA) is 92.7 Å². The molecule has 0 radical (unpaired) electrons. The smallest absolute Gasteiger partial charge is 0.306 e. The summed E-state index contributed by atoms with van der Waals surface area (Å²) in [7, 11) is -1.85. The molecule has 3 aliphatic rings. The Kier molecular flexibility index (Phi) is 3.34. The summed E-state index contributed by atoms with van der Waals surface area (Å²) in [5.74, 6) is -0.474. The number of hydrogen-bond acceptors (Lipinski definition) is 4. The van der Waals surface area contributed by atoms with Crippen LogP contribution in [0.25, 0.3) is 0 Å². The molecule has 114 valence electrons. The van der Waals surface area contributed by atoms with Crippen molar-refractivity contribution in [2.45, 2.75) is 42.9 Å². The fourth-order valence-corrected chi connectivity index (χ4v) is 5.61. The third-order valence-electron chi connectivity index (χ3n) is 5.26. The summed E-state index contributed by atoms with van der Waals surface area (Å²) < 4.78 is 31.9. The lowest BCUT2D eigenvalue weighted by Crippen LogP contribution is -2.53. The van der Waals surface area contributed by atoms with E-state index in [1.165, 1.54) is 7.11 Å². The Morgan fingerprint density at radius 2 is 2.05 bits per heavy atom. The lowest BCUT2D eigenvalue weighted by atomic mass is 9.72. The number of carboxylic acid groups (broad SMARTS) is 1. The highest BCUT2D eigenvalue weighted by atomic mass is 32.2. The first-order chi connectivity index (χ1) is 9.38. The lowest BCUT2D eigenvalue weighted by Gasteiger charge is -2.41. The van der Waals surface area contributed by atoms with Crippen LogP contribution < -0.4 is 4.72 Å². The third kappa shape index (κ3) is 2.16. The first-order valence-electron chi connectivity index (χ1n) is 7.12. The molecular formula is C13H21NO5S. The maximum Gasteiger partial charge on any atom is 0.306 e. The molecule has 6 nitrogen and oxygen atoms in total. The summed E-state index contributed by atoms with van der Waals surface area (Å²) in [5.41, 5.74) is 0. The van der Waals surface area contributed by atoms with E-state index >= 15 is 0 Å². The van der Waals surface area contributed by atoms with E-state index in [1.807, 2.05) is 0 Å². The van der Waals surface area contributed by atoms with Crippen molar-refractivity contribution >= 4 is 16.0 Å². The van der Waals surface area contributed by atoms with Crippen LogP contribution in [0.15, 0.2) is 0 Å². The summed E-state index contributed by atoms with van der Waals surface area (Å²) >= 11 is 0. The van der Waals surface area contributed by atoms with E-state index < -0.39 is 20.7 Å². The highest BCUT2D eigenvalue weighted by Crippen LogP contribution is 2.51. The average molecular weight is 303 g/mol. The Hall–Kier alpha value is -0.660. The first-order valence-corrected chi connectivity index (χ1v) is 8.60. The minimum Gasteiger partial charge on any atom is -0.481 e. The minimum atomic E-state index is -3.37. The van der Waals surface area contributed by atoms with Crippen LogP contribution in [-0.4, -0.2) is 44.0 Å². The van der Waals surface area contributed by atoms with Gasteiger partial charge >= 0.3 is 5.97 Å². The molecule has 0 heterocycles. The molecule has 0 saturated heterocycles. The number of fused-ring (bicyclic) bond motifs is 1. The van der Waals surface area contributed by atoms with Crippen molar-refractivity contribution in [3.8, 4) is 0 Å². The van der Waals surface area contributed by atoms with Crippen LogP contribution in [0.5, 0.6) is 0 Å². The number of carbonyl (C=O) groups is 1. The fourth-order valence-electron chi connectivity index (χ4n) is 3.78. The van der Waals surface area contributed by atoms with Gasteiger partial charge < -0.3 is 9.84 Å². The van der Waals surface area contributed by atoms with Gasteiger partial charge in [0, 0.05) is 13.2 Å². The van der Waals surface area contributed by atoms with E-state index in [1.54, 1.807) is 0 Å². The second-order valence-corrected chi connectivity index (χ2v) is 8.62. The predicted octanol–water partition coefficient (Wildman–Crippen LogP) is 0.584. The summed E-state index contributed by atoms with van der Waals surface area (Å²) in [6, 6.07) is -0.0799. The molecule has 0 amide bonds. The highest BCUT2D eigenvalue weighted by Gasteiger charge is 2.58. The molecule has 0 aromatic heterocycles. The quantitative estimate of drug-likeness (QED) is 0.749. The number of ether oxygens (including phenoxy) is 1. The monoisotopic (exact) mass is 303 g/mol. The Bertz CT molecular complexity index is 513. The molecule has 3 rings (SSSR count). The maximum atomic E-state index is 12.4. The molecule has 0 aromatic rings. The van der Waals surface area contributed by atoms with Gasteiger partial charge in [0.2, 0.25) is 10.0 Å². The highest BCUT2D eigenvalue weighted by molar-refractivity contribution is 7.91. The van der Waals surface area contributed by atoms with Crippen molar-refractivity contribution in [3.63, 3.8) is 0 Å². The van der Waals surface area contributed by atoms with Crippen LogP contribution in [0.4, 0.5) is 0 Å². The van der Waals surface area contributed by atoms with Gasteiger partial charge in [-0.3, -0.25) is 4.79 Å². The van der Waals surface area contributed by atoms with E-state index in [0.717, 1.165) is 6.42 Å². The Labute approximate surface area is 118 Å². The molecule has 7 heteroatoms. The van der Waals surface area contributed by atoms with Gasteiger partial charge in [0.05, 0.1) is 12.5 Å². The largest absolute Gasteiger partial charge is 0.481 e. The molecule has 1 unspecified atom stereocenters. The Morgan fingerprint density at radius 1 is 1.35 bits per heavy atom. The van der Waals surface area contributed by atoms with Gasteiger partial charge in [-0.25, -0.2) is 13.1 Å². The van der Waals surface area contributed by atoms with Crippen LogP contribution in [0.3, 0.4) is 0 Å². The van der Waals surface area contributed by atoms with Crippen LogP contribution in [-0.2, 0) is 19.6 Å². The van der Waals surface area contributed by atoms with E-state index in [9.17, 15) is 13.2 Å². The number of methoxy groups -OCH3 is 1. The molecule has 3 aliphatic carbocycles. The van der Waals surface area contributed by atoms with E-state index in [-0.39, 0.29) is 24.5 Å². The summed E-state index contributed by atoms with van der Waals surface area (Å²) in [6.07, 6.45) is 3.37. The summed E-state index contributed by atoms with van der Waals surface area (Å²) in [5, 5.41) is 9.05. The standard InChI is InChI=1S/C13H21NO5S/c1-19-7-13(2-3-13)20(17,18)14-11-6-8-4-9(12(15)16)5-10(8)11/h8-11,14H,2-7H2,1H3,(H,15,16)/t8-,9?,10-,11+/m0/s1. The van der Waals surface area contributed by atoms with Gasteiger partial charge in [-0.05, 0) is 43.9 Å². The van der Waals surface area contributed by atoms with Gasteiger partial charge in [-0.2, -0.15) is 0 Å². The molecule has 0 spiro atoms. The SMILES string of the molecule is COCC1(S(=O)(=O)N[C@@H]2C[C@@H]3CC(C(=O)O)C[C@@H]32)CC1. The van der Waals surface area contributed by atoms with Gasteiger partial charge in [-0.1, -0.05) is 0 Å². The minimum absolute atomic E-state index is 0.0799. The molecule has 4 atom stereocenters. The Morgan fingerprint density at radius 3 is 2.60 bits per heavy atom. The molecule has 2 N–H and O–H groups in total. The number of rotatable bonds is 6. The zero-order valence-corrected chi connectivity index (χ0v) is 12.4. The van der Waals surface area contributed by atoms with Crippen molar-refractivity contribution in [2.75, 3.05) is 13.7 Å². The molecule has 0 bridgehead atoms. The van der Waals surface area contributed by atoms with E-state index in [0.29, 0.717) is 31.6 Å². The van der Waals surface area contributed by atoms with Gasteiger partial charge in [0.25, 0.3) is 0 Å². The second-order valence-electron chi connectivity index (χ2n) is 6.51. The van der Waals surface area contributed by atoms with Crippen molar-refractivity contribution < 1.29 is 23.1 Å². The lowest BCUT2D eigenvalue weighted by molar-refractivity contribution is -0.141. The van der Waals surface area contributed by atoms with Crippen LogP contribution in [0, 0.1) is 17.8 Å². The second kappa shape index (κ2) is 4.68. The Balaban J connectivity index is 1.62. The summed E-state index contributed by atoms with van der Waals surface area (Å²) in [6.45, 7) is 0.237. The van der Waals surface area contributed by atoms with Crippen molar-refractivity contribution in [1.82, 2.24) is 4.72 Å². The van der Waals surface area contributed by atoms with E-state index in [4.69, 9.17) is 9.84 Å². The van der Waals surface area contributed by atoms with E-state index in [2.05, 4.69) is 4.72 Å². The van der Waals surface area contributed by atoms with Gasteiger partial charge in [-0.15, -0.1) is 0 Å². The number of sulfonamides is 1. The van der Waals surface area contributed by atoms with Crippen LogP contribution >= 0.6 is 0 Å². The van der Waals surface area contributed by atoms with Crippen LogP contribution in [0.2, 0.25) is 0 Å². The predicted molar refractivity (Wildman–Crippen MR) is 71.6 cm³/mol. The van der Waals surface area contributed by atoms with Crippen molar-refractivity contribution in [1.29, 1.82) is 0 Å².